The highest BCUT2D eigenvalue weighted by Crippen LogP contribution is 2.17. The van der Waals surface area contributed by atoms with Crippen molar-refractivity contribution in [3.8, 4) is 0 Å². The monoisotopic (exact) mass is 125 g/mol. The summed E-state index contributed by atoms with van der Waals surface area (Å²) < 4.78 is 12.2. The van der Waals surface area contributed by atoms with Crippen molar-refractivity contribution < 1.29 is 9.41 Å². The molecule has 0 amide bonds. The van der Waals surface area contributed by atoms with Crippen molar-refractivity contribution in [2.45, 2.75) is 12.8 Å². The molecule has 47 valence electrons. The highest BCUT2D eigenvalue weighted by molar-refractivity contribution is 6.36. The second kappa shape index (κ2) is 2.83. The third-order valence-electron chi connectivity index (χ3n) is 1.30. The summed E-state index contributed by atoms with van der Waals surface area (Å²) in [6, 6.07) is 0. The van der Waals surface area contributed by atoms with Crippen LogP contribution in [0.1, 0.15) is 12.8 Å². The largest absolute Gasteiger partial charge is 0.450 e. The smallest absolute Gasteiger partial charge is 0.322 e. The third kappa shape index (κ3) is 1.68. The fourth-order valence-corrected chi connectivity index (χ4v) is 0.735. The third-order valence-corrected chi connectivity index (χ3v) is 1.30. The molecule has 0 unspecified atom stereocenters. The highest BCUT2D eigenvalue weighted by atomic mass is 19.1. The van der Waals surface area contributed by atoms with E-state index >= 15 is 0 Å². The molecule has 1 rings (SSSR count). The number of hydrogen-bond donors (Lipinski definition) is 1. The molecule has 1 aliphatic carbocycles. The van der Waals surface area contributed by atoms with Gasteiger partial charge in [-0.05, 0) is 12.5 Å². The Bertz CT molecular complexity index is 162. The Balaban J connectivity index is 2.59. The van der Waals surface area contributed by atoms with Gasteiger partial charge in [0.05, 0.1) is 0 Å². The molecule has 1 N–H and O–H groups in total. The zero-order chi connectivity index (χ0) is 6.69. The average molecular weight is 125 g/mol. The van der Waals surface area contributed by atoms with Crippen LogP contribution in [-0.2, 0) is 0 Å². The first-order valence-corrected chi connectivity index (χ1v) is 2.85. The van der Waals surface area contributed by atoms with Gasteiger partial charge in [-0.1, -0.05) is 11.5 Å². The van der Waals surface area contributed by atoms with E-state index in [1.807, 2.05) is 0 Å². The minimum atomic E-state index is -0.111. The molecule has 0 heterocycles. The summed E-state index contributed by atoms with van der Waals surface area (Å²) in [5, 5.41) is 8.43. The first-order chi connectivity index (χ1) is 4.33. The van der Waals surface area contributed by atoms with Gasteiger partial charge in [-0.2, -0.15) is 0 Å². The molecule has 0 aromatic carbocycles. The fraction of sp³-hybridized carbons (Fsp3) is 0.333. The molecule has 0 aromatic heterocycles. The molecule has 0 fully saturated rings. The first kappa shape index (κ1) is 6.55. The van der Waals surface area contributed by atoms with E-state index in [0.29, 0.717) is 12.8 Å². The van der Waals surface area contributed by atoms with Crippen molar-refractivity contribution in [3.05, 3.63) is 23.5 Å². The number of rotatable bonds is 1. The number of allylic oxidation sites excluding steroid dienone is 4. The minimum Gasteiger partial charge on any atom is -0.450 e. The van der Waals surface area contributed by atoms with Gasteiger partial charge in [-0.25, -0.2) is 4.39 Å². The Morgan fingerprint density at radius 3 is 2.67 bits per heavy atom. The molecule has 0 atom stereocenters. The second-order valence-electron chi connectivity index (χ2n) is 1.98. The molecule has 1 aliphatic rings. The average Bonchev–Trinajstić information content (AvgIpc) is 1.90. The van der Waals surface area contributed by atoms with Gasteiger partial charge >= 0.3 is 7.48 Å². The topological polar surface area (TPSA) is 20.2 Å². The van der Waals surface area contributed by atoms with Crippen LogP contribution in [0.5, 0.6) is 0 Å². The first-order valence-electron chi connectivity index (χ1n) is 2.85. The SMILES string of the molecule is O[B]C1=CC=C(F)CC1. The predicted octanol–water partition coefficient (Wildman–Crippen LogP) is 1.13. The second-order valence-corrected chi connectivity index (χ2v) is 1.98. The molecular formula is C6H7BFO. The van der Waals surface area contributed by atoms with Gasteiger partial charge in [0, 0.05) is 6.42 Å². The van der Waals surface area contributed by atoms with E-state index in [-0.39, 0.29) is 5.83 Å². The Kier molecular flexibility index (Phi) is 2.06. The summed E-state index contributed by atoms with van der Waals surface area (Å²) in [4.78, 5) is 0. The summed E-state index contributed by atoms with van der Waals surface area (Å²) in [5.74, 6) is -0.111. The van der Waals surface area contributed by atoms with Crippen LogP contribution in [0.15, 0.2) is 23.5 Å². The van der Waals surface area contributed by atoms with Crippen LogP contribution >= 0.6 is 0 Å². The molecule has 0 spiro atoms. The van der Waals surface area contributed by atoms with E-state index in [2.05, 4.69) is 0 Å². The molecule has 1 nitrogen and oxygen atoms in total. The Labute approximate surface area is 54.2 Å². The lowest BCUT2D eigenvalue weighted by molar-refractivity contribution is 0.576. The minimum absolute atomic E-state index is 0.111. The fourth-order valence-electron chi connectivity index (χ4n) is 0.735. The van der Waals surface area contributed by atoms with Crippen molar-refractivity contribution in [1.82, 2.24) is 0 Å². The van der Waals surface area contributed by atoms with Crippen LogP contribution in [0, 0.1) is 0 Å². The van der Waals surface area contributed by atoms with E-state index < -0.39 is 0 Å². The zero-order valence-corrected chi connectivity index (χ0v) is 4.97. The van der Waals surface area contributed by atoms with Crippen molar-refractivity contribution in [2.24, 2.45) is 0 Å². The maximum atomic E-state index is 12.2. The lowest BCUT2D eigenvalue weighted by atomic mass is 9.82. The Morgan fingerprint density at radius 2 is 2.22 bits per heavy atom. The van der Waals surface area contributed by atoms with E-state index in [1.165, 1.54) is 6.08 Å². The predicted molar refractivity (Wildman–Crippen MR) is 34.5 cm³/mol. The van der Waals surface area contributed by atoms with Crippen molar-refractivity contribution in [1.29, 1.82) is 0 Å². The van der Waals surface area contributed by atoms with Gasteiger partial charge in [-0.15, -0.1) is 0 Å². The van der Waals surface area contributed by atoms with Crippen LogP contribution < -0.4 is 0 Å². The van der Waals surface area contributed by atoms with Crippen molar-refractivity contribution in [3.63, 3.8) is 0 Å². The quantitative estimate of drug-likeness (QED) is 0.520. The van der Waals surface area contributed by atoms with Crippen molar-refractivity contribution >= 4 is 7.48 Å². The van der Waals surface area contributed by atoms with E-state index in [1.54, 1.807) is 6.08 Å². The Morgan fingerprint density at radius 1 is 1.44 bits per heavy atom. The number of hydrogen-bond acceptors (Lipinski definition) is 1. The molecular weight excluding hydrogens is 118 g/mol. The van der Waals surface area contributed by atoms with Gasteiger partial charge in [-0.3, -0.25) is 0 Å². The van der Waals surface area contributed by atoms with Crippen LogP contribution in [-0.4, -0.2) is 12.5 Å². The molecule has 3 heteroatoms. The maximum absolute atomic E-state index is 12.2. The summed E-state index contributed by atoms with van der Waals surface area (Å²) >= 11 is 0. The van der Waals surface area contributed by atoms with E-state index in [9.17, 15) is 4.39 Å². The summed E-state index contributed by atoms with van der Waals surface area (Å²) in [5.41, 5.74) is 0.788. The van der Waals surface area contributed by atoms with Crippen LogP contribution in [0.25, 0.3) is 0 Å². The maximum Gasteiger partial charge on any atom is 0.322 e. The number of halogens is 1. The summed E-state index contributed by atoms with van der Waals surface area (Å²) in [6.07, 6.45) is 3.99. The van der Waals surface area contributed by atoms with E-state index in [4.69, 9.17) is 5.02 Å². The Hall–Kier alpha value is -0.565. The van der Waals surface area contributed by atoms with Gasteiger partial charge in [0.2, 0.25) is 0 Å². The molecule has 0 saturated heterocycles. The summed E-state index contributed by atoms with van der Waals surface area (Å²) in [6.45, 7) is 0. The van der Waals surface area contributed by atoms with Gasteiger partial charge in [0.25, 0.3) is 0 Å². The van der Waals surface area contributed by atoms with Crippen molar-refractivity contribution in [2.75, 3.05) is 0 Å². The van der Waals surface area contributed by atoms with Crippen LogP contribution in [0.3, 0.4) is 0 Å². The van der Waals surface area contributed by atoms with Crippen LogP contribution in [0.2, 0.25) is 0 Å². The normalized spacial score (nSPS) is 18.4. The lowest BCUT2D eigenvalue weighted by Gasteiger charge is -2.04. The van der Waals surface area contributed by atoms with Crippen LogP contribution in [0.4, 0.5) is 4.39 Å². The molecule has 0 bridgehead atoms. The van der Waals surface area contributed by atoms with Gasteiger partial charge in [0.15, 0.2) is 0 Å². The molecule has 9 heavy (non-hydrogen) atoms. The van der Waals surface area contributed by atoms with Gasteiger partial charge < -0.3 is 5.02 Å². The lowest BCUT2D eigenvalue weighted by Crippen LogP contribution is -1.98. The molecule has 0 saturated carbocycles. The van der Waals surface area contributed by atoms with Gasteiger partial charge in [0.1, 0.15) is 5.83 Å². The van der Waals surface area contributed by atoms with E-state index in [0.717, 1.165) is 13.0 Å². The molecule has 0 aliphatic heterocycles. The highest BCUT2D eigenvalue weighted by Gasteiger charge is 2.04. The molecule has 1 radical (unpaired) electrons. The standard InChI is InChI=1S/C6H7BFO/c8-6-3-1-5(7-9)2-4-6/h1,3,9H,2,4H2. The molecule has 0 aromatic rings. The summed E-state index contributed by atoms with van der Waals surface area (Å²) in [7, 11) is 1.02. The zero-order valence-electron chi connectivity index (χ0n) is 4.97.